The Labute approximate surface area is 135 Å². The third-order valence-electron chi connectivity index (χ3n) is 5.28. The molecular formula is C16H24N4O3. The minimum atomic E-state index is -0.979. The molecule has 0 unspecified atom stereocenters. The molecule has 3 heterocycles. The molecule has 2 aliphatic rings. The van der Waals surface area contributed by atoms with Gasteiger partial charge in [-0.2, -0.15) is 5.10 Å². The van der Waals surface area contributed by atoms with E-state index in [0.29, 0.717) is 19.6 Å². The molecule has 23 heavy (non-hydrogen) atoms. The van der Waals surface area contributed by atoms with Gasteiger partial charge in [0.25, 0.3) is 0 Å². The number of hydrogen-bond donors (Lipinski definition) is 2. The molecule has 2 N–H and O–H groups in total. The van der Waals surface area contributed by atoms with Gasteiger partial charge in [0.15, 0.2) is 0 Å². The maximum absolute atomic E-state index is 12.0. The minimum absolute atomic E-state index is 0.138. The Morgan fingerprint density at radius 3 is 2.70 bits per heavy atom. The molecule has 0 bridgehead atoms. The van der Waals surface area contributed by atoms with Crippen LogP contribution in [0.25, 0.3) is 0 Å². The summed E-state index contributed by atoms with van der Waals surface area (Å²) in [5.41, 5.74) is 2.25. The van der Waals surface area contributed by atoms with E-state index >= 15 is 0 Å². The van der Waals surface area contributed by atoms with Gasteiger partial charge in [-0.3, -0.25) is 19.2 Å². The van der Waals surface area contributed by atoms with Gasteiger partial charge in [-0.15, -0.1) is 0 Å². The van der Waals surface area contributed by atoms with Crippen molar-refractivity contribution in [1.29, 1.82) is 0 Å². The number of carboxylic acid groups (broad SMARTS) is 1. The molecule has 0 spiro atoms. The fraction of sp³-hybridized carbons (Fsp3) is 0.688. The number of amides is 1. The van der Waals surface area contributed by atoms with Crippen LogP contribution in [0.2, 0.25) is 0 Å². The fourth-order valence-corrected chi connectivity index (χ4v) is 3.95. The lowest BCUT2D eigenvalue weighted by molar-refractivity contribution is -0.149. The minimum Gasteiger partial charge on any atom is -0.481 e. The maximum atomic E-state index is 12.0. The molecule has 7 heteroatoms. The quantitative estimate of drug-likeness (QED) is 0.853. The molecule has 0 saturated carbocycles. The molecule has 2 aliphatic heterocycles. The number of carbonyl (C=O) groups is 2. The van der Waals surface area contributed by atoms with E-state index in [1.54, 1.807) is 0 Å². The maximum Gasteiger partial charge on any atom is 0.313 e. The molecule has 2 fully saturated rings. The van der Waals surface area contributed by atoms with Gasteiger partial charge in [0.05, 0.1) is 11.6 Å². The number of hydrogen-bond acceptors (Lipinski definition) is 4. The van der Waals surface area contributed by atoms with Gasteiger partial charge in [-0.1, -0.05) is 0 Å². The van der Waals surface area contributed by atoms with Crippen molar-refractivity contribution in [3.05, 3.63) is 17.0 Å². The Bertz CT molecular complexity index is 667. The standard InChI is InChI=1S/C16H24N4O3/c1-9(2)20-11(4)12(10(3)18-20)5-19-6-13-14(21)17-7-16(13,8-19)15(22)23/h9,13H,5-8H2,1-4H3,(H,17,21)(H,22,23)/t13-,16+/m1/s1. The number of likely N-dealkylation sites (tertiary alicyclic amines) is 1. The van der Waals surface area contributed by atoms with Gasteiger partial charge in [0, 0.05) is 43.5 Å². The van der Waals surface area contributed by atoms with Crippen molar-refractivity contribution in [3.63, 3.8) is 0 Å². The first kappa shape index (κ1) is 16.0. The highest BCUT2D eigenvalue weighted by Gasteiger charge is 2.59. The highest BCUT2D eigenvalue weighted by atomic mass is 16.4. The largest absolute Gasteiger partial charge is 0.481 e. The van der Waals surface area contributed by atoms with E-state index in [9.17, 15) is 14.7 Å². The second-order valence-electron chi connectivity index (χ2n) is 7.09. The lowest BCUT2D eigenvalue weighted by atomic mass is 9.81. The third-order valence-corrected chi connectivity index (χ3v) is 5.28. The van der Waals surface area contributed by atoms with Crippen molar-refractivity contribution in [2.24, 2.45) is 11.3 Å². The van der Waals surface area contributed by atoms with E-state index in [0.717, 1.165) is 17.0 Å². The number of nitrogens with one attached hydrogen (secondary N) is 1. The van der Waals surface area contributed by atoms with E-state index in [4.69, 9.17) is 0 Å². The zero-order chi connectivity index (χ0) is 16.9. The van der Waals surface area contributed by atoms with Crippen LogP contribution in [0.5, 0.6) is 0 Å². The van der Waals surface area contributed by atoms with E-state index in [-0.39, 0.29) is 18.5 Å². The van der Waals surface area contributed by atoms with Crippen LogP contribution in [0.1, 0.15) is 36.8 Å². The summed E-state index contributed by atoms with van der Waals surface area (Å²) < 4.78 is 2.00. The summed E-state index contributed by atoms with van der Waals surface area (Å²) in [7, 11) is 0. The summed E-state index contributed by atoms with van der Waals surface area (Å²) >= 11 is 0. The molecule has 0 aromatic carbocycles. The predicted molar refractivity (Wildman–Crippen MR) is 83.9 cm³/mol. The van der Waals surface area contributed by atoms with Gasteiger partial charge in [-0.05, 0) is 27.7 Å². The van der Waals surface area contributed by atoms with Crippen LogP contribution in [-0.2, 0) is 16.1 Å². The van der Waals surface area contributed by atoms with Crippen LogP contribution < -0.4 is 5.32 Å². The number of carboxylic acids is 1. The summed E-state index contributed by atoms with van der Waals surface area (Å²) in [6.07, 6.45) is 0. The van der Waals surface area contributed by atoms with Crippen molar-refractivity contribution < 1.29 is 14.7 Å². The molecule has 126 valence electrons. The van der Waals surface area contributed by atoms with Gasteiger partial charge >= 0.3 is 5.97 Å². The predicted octanol–water partition coefficient (Wildman–Crippen LogP) is 0.713. The Kier molecular flexibility index (Phi) is 3.71. The number of aliphatic carboxylic acids is 1. The lowest BCUT2D eigenvalue weighted by Crippen LogP contribution is -2.40. The lowest BCUT2D eigenvalue weighted by Gasteiger charge is -2.22. The molecule has 0 radical (unpaired) electrons. The second kappa shape index (κ2) is 5.33. The molecule has 1 aromatic rings. The number of rotatable bonds is 4. The van der Waals surface area contributed by atoms with Gasteiger partial charge in [0.2, 0.25) is 5.91 Å². The Hall–Kier alpha value is -1.89. The zero-order valence-electron chi connectivity index (χ0n) is 14.1. The average molecular weight is 320 g/mol. The fourth-order valence-electron chi connectivity index (χ4n) is 3.95. The van der Waals surface area contributed by atoms with Crippen molar-refractivity contribution >= 4 is 11.9 Å². The topological polar surface area (TPSA) is 87.5 Å². The summed E-state index contributed by atoms with van der Waals surface area (Å²) in [6.45, 7) is 9.97. The second-order valence-corrected chi connectivity index (χ2v) is 7.09. The molecular weight excluding hydrogens is 296 g/mol. The van der Waals surface area contributed by atoms with Crippen LogP contribution in [0.15, 0.2) is 0 Å². The molecule has 1 amide bonds. The molecule has 2 atom stereocenters. The Morgan fingerprint density at radius 1 is 1.48 bits per heavy atom. The molecule has 7 nitrogen and oxygen atoms in total. The van der Waals surface area contributed by atoms with Crippen molar-refractivity contribution in [1.82, 2.24) is 20.0 Å². The van der Waals surface area contributed by atoms with Crippen molar-refractivity contribution in [2.75, 3.05) is 19.6 Å². The first-order valence-electron chi connectivity index (χ1n) is 8.04. The van der Waals surface area contributed by atoms with Crippen LogP contribution in [0.4, 0.5) is 0 Å². The van der Waals surface area contributed by atoms with E-state index < -0.39 is 17.3 Å². The highest BCUT2D eigenvalue weighted by Crippen LogP contribution is 2.40. The third kappa shape index (κ3) is 2.34. The molecule has 1 aromatic heterocycles. The van der Waals surface area contributed by atoms with Crippen molar-refractivity contribution in [2.45, 2.75) is 40.3 Å². The van der Waals surface area contributed by atoms with Gasteiger partial charge in [-0.25, -0.2) is 0 Å². The monoisotopic (exact) mass is 320 g/mol. The van der Waals surface area contributed by atoms with E-state index in [1.807, 2.05) is 18.5 Å². The molecule has 2 saturated heterocycles. The van der Waals surface area contributed by atoms with Crippen LogP contribution >= 0.6 is 0 Å². The number of aryl methyl sites for hydroxylation is 1. The number of aromatic nitrogens is 2. The van der Waals surface area contributed by atoms with Gasteiger partial charge in [0.1, 0.15) is 5.41 Å². The Morgan fingerprint density at radius 2 is 2.17 bits per heavy atom. The summed E-state index contributed by atoms with van der Waals surface area (Å²) in [6, 6.07) is 0.288. The summed E-state index contributed by atoms with van der Waals surface area (Å²) in [5, 5.41) is 16.9. The number of nitrogens with zero attached hydrogens (tertiary/aromatic N) is 3. The normalized spacial score (nSPS) is 27.5. The number of carbonyl (C=O) groups excluding carboxylic acids is 1. The summed E-state index contributed by atoms with van der Waals surface area (Å²) in [5.74, 6) is -1.48. The van der Waals surface area contributed by atoms with E-state index in [1.165, 1.54) is 0 Å². The van der Waals surface area contributed by atoms with Crippen LogP contribution in [0, 0.1) is 25.2 Å². The first-order chi connectivity index (χ1) is 10.8. The van der Waals surface area contributed by atoms with Crippen LogP contribution in [-0.4, -0.2) is 51.3 Å². The van der Waals surface area contributed by atoms with Crippen molar-refractivity contribution in [3.8, 4) is 0 Å². The summed E-state index contributed by atoms with van der Waals surface area (Å²) in [4.78, 5) is 25.8. The zero-order valence-corrected chi connectivity index (χ0v) is 14.1. The number of fused-ring (bicyclic) bond motifs is 1. The van der Waals surface area contributed by atoms with Crippen LogP contribution in [0.3, 0.4) is 0 Å². The highest BCUT2D eigenvalue weighted by molar-refractivity contribution is 5.92. The smallest absolute Gasteiger partial charge is 0.313 e. The van der Waals surface area contributed by atoms with E-state index in [2.05, 4.69) is 29.2 Å². The molecule has 3 rings (SSSR count). The Balaban J connectivity index is 1.84. The van der Waals surface area contributed by atoms with Gasteiger partial charge < -0.3 is 10.4 Å². The first-order valence-corrected chi connectivity index (χ1v) is 8.04. The SMILES string of the molecule is Cc1nn(C(C)C)c(C)c1CN1C[C@@H]2C(=O)NC[C@]2(C(=O)O)C1. The average Bonchev–Trinajstić information content (AvgIpc) is 3.08. The molecule has 0 aliphatic carbocycles.